The van der Waals surface area contributed by atoms with Crippen LogP contribution in [0.4, 0.5) is 27.6 Å². The molecule has 0 radical (unpaired) electrons. The van der Waals surface area contributed by atoms with Crippen molar-refractivity contribution >= 4 is 104 Å². The predicted octanol–water partition coefficient (Wildman–Crippen LogP) is 5.09. The van der Waals surface area contributed by atoms with Crippen LogP contribution in [0.25, 0.3) is 32.3 Å². The molecule has 0 heterocycles. The average molecular weight is 1300 g/mol. The first-order valence-electron chi connectivity index (χ1n) is 24.7. The van der Waals surface area contributed by atoms with Crippen molar-refractivity contribution < 1.29 is 110 Å². The predicted molar refractivity (Wildman–Crippen MR) is 293 cm³/mol. The first kappa shape index (κ1) is 69.2. The van der Waals surface area contributed by atoms with Crippen LogP contribution >= 0.6 is 0 Å². The number of ether oxygens (including phenoxy) is 4. The highest BCUT2D eigenvalue weighted by molar-refractivity contribution is 7.90. The van der Waals surface area contributed by atoms with Gasteiger partial charge < -0.3 is 24.3 Å². The van der Waals surface area contributed by atoms with Crippen LogP contribution in [0.1, 0.15) is 47.5 Å². The maximum atomic E-state index is 14.6. The quantitative estimate of drug-likeness (QED) is 0.00636. The maximum Gasteiger partial charge on any atom is 0.337 e. The summed E-state index contributed by atoms with van der Waals surface area (Å²) in [6, 6.07) is 6.65. The lowest BCUT2D eigenvalue weighted by Crippen LogP contribution is -2.33. The minimum absolute atomic E-state index is 0.0335. The monoisotopic (exact) mass is 1300 g/mol. The summed E-state index contributed by atoms with van der Waals surface area (Å²) in [4.78, 5) is 10.2. The molecular weight excluding hydrogens is 1240 g/mol. The van der Waals surface area contributed by atoms with Gasteiger partial charge in [-0.3, -0.25) is 13.7 Å². The summed E-state index contributed by atoms with van der Waals surface area (Å²) in [6.07, 6.45) is 0.755. The molecular formula is C48H63F5N4O20S6. The van der Waals surface area contributed by atoms with E-state index in [0.29, 0.717) is 25.8 Å². The third kappa shape index (κ3) is 17.3. The first-order chi connectivity index (χ1) is 37.9. The molecule has 0 amide bonds. The van der Waals surface area contributed by atoms with Crippen molar-refractivity contribution in [2.24, 2.45) is 10.8 Å². The summed E-state index contributed by atoms with van der Waals surface area (Å²) < 4.78 is 277. The number of carbonyl (C=O) groups is 1. The maximum absolute atomic E-state index is 14.6. The zero-order valence-corrected chi connectivity index (χ0v) is 50.8. The van der Waals surface area contributed by atoms with Crippen LogP contribution in [0.15, 0.2) is 51.1 Å². The Balaban J connectivity index is 1.40. The number of nitrogens with zero attached hydrogens (tertiary/aromatic N) is 3. The number of benzene rings is 5. The molecule has 0 saturated heterocycles. The van der Waals surface area contributed by atoms with Crippen LogP contribution in [0.5, 0.6) is 5.75 Å². The molecule has 1 atom stereocenters. The Kier molecular flexibility index (Phi) is 21.8. The second kappa shape index (κ2) is 26.2. The van der Waals surface area contributed by atoms with Gasteiger partial charge in [0.25, 0.3) is 30.4 Å². The normalized spacial score (nSPS) is 14.1. The van der Waals surface area contributed by atoms with Crippen molar-refractivity contribution in [2.75, 3.05) is 103 Å². The molecule has 5 aromatic carbocycles. The van der Waals surface area contributed by atoms with Gasteiger partial charge in [0, 0.05) is 102 Å². The molecule has 5 rings (SSSR count). The molecule has 0 spiro atoms. The van der Waals surface area contributed by atoms with Crippen LogP contribution in [0.3, 0.4) is 0 Å². The molecule has 0 aliphatic carbocycles. The molecule has 0 aliphatic heterocycles. The van der Waals surface area contributed by atoms with E-state index in [9.17, 15) is 90.9 Å². The fraction of sp³-hybridized carbons (Fsp3) is 0.521. The van der Waals surface area contributed by atoms with Gasteiger partial charge in [-0.25, -0.2) is 43.2 Å². The lowest BCUT2D eigenvalue weighted by Gasteiger charge is -2.29. The van der Waals surface area contributed by atoms with Crippen molar-refractivity contribution in [3.8, 4) is 5.75 Å². The highest BCUT2D eigenvalue weighted by atomic mass is 32.2. The number of hydrogen-bond donors (Lipinski definition) is 4. The van der Waals surface area contributed by atoms with E-state index in [1.165, 1.54) is 30.3 Å². The largest absolute Gasteiger partial charge is 0.418 e. The number of esters is 1. The molecule has 466 valence electrons. The van der Waals surface area contributed by atoms with E-state index in [4.69, 9.17) is 14.2 Å². The topological polar surface area (TPSA) is 341 Å². The van der Waals surface area contributed by atoms with Gasteiger partial charge in [0.1, 0.15) is 6.61 Å². The van der Waals surface area contributed by atoms with Gasteiger partial charge in [0.15, 0.2) is 0 Å². The molecule has 0 fully saturated rings. The molecule has 0 bridgehead atoms. The van der Waals surface area contributed by atoms with Crippen molar-refractivity contribution in [2.45, 2.75) is 68.2 Å². The summed E-state index contributed by atoms with van der Waals surface area (Å²) in [5, 5.41) is 2.76. The second-order valence-electron chi connectivity index (χ2n) is 21.1. The van der Waals surface area contributed by atoms with Gasteiger partial charge in [0.2, 0.25) is 64.9 Å². The van der Waals surface area contributed by atoms with Crippen LogP contribution in [-0.2, 0) is 79.4 Å². The fourth-order valence-electron chi connectivity index (χ4n) is 8.35. The van der Waals surface area contributed by atoms with E-state index >= 15 is 0 Å². The van der Waals surface area contributed by atoms with E-state index < -0.39 is 176 Å². The Morgan fingerprint density at radius 1 is 0.542 bits per heavy atom. The molecule has 4 N–H and O–H groups in total. The summed E-state index contributed by atoms with van der Waals surface area (Å²) in [7, 11) is -25.9. The molecule has 0 aliphatic rings. The number of rotatable bonds is 32. The van der Waals surface area contributed by atoms with E-state index in [1.54, 1.807) is 20.8 Å². The highest BCUT2D eigenvalue weighted by Gasteiger charge is 2.35. The van der Waals surface area contributed by atoms with Gasteiger partial charge in [-0.2, -0.15) is 46.9 Å². The van der Waals surface area contributed by atoms with Gasteiger partial charge in [-0.1, -0.05) is 52.0 Å². The summed E-state index contributed by atoms with van der Waals surface area (Å²) in [6.45, 7) is 5.93. The molecule has 24 nitrogen and oxygen atoms in total. The summed E-state index contributed by atoms with van der Waals surface area (Å²) in [5.74, 6) is -18.1. The second-order valence-corrected chi connectivity index (χ2v) is 31.9. The molecule has 1 unspecified atom stereocenters. The third-order valence-electron chi connectivity index (χ3n) is 12.7. The van der Waals surface area contributed by atoms with Crippen LogP contribution < -0.4 is 10.1 Å². The lowest BCUT2D eigenvalue weighted by molar-refractivity contribution is -0.141. The standard InChI is InChI=1S/C48H63F5N4O20S6/c1-29(10-9-18-74-25-47(2,3)27-76-28-48(4,5)26-75-24-38(58)77-46-44(52)42(50)41(49)43(51)45(46)53)54-34-22-35(81(68,69)55(6)15-19-78(59,60)61)31-13-14-33-37(83(72,73)57(8)17-21-80(65,66)67)23-36(32-12-11-30(34)39(31)40(32)33)82(70,71)56(7)16-20-79(62,63)64/h11-14,22-23,29,54H,9-10,15-21,24-28H2,1-8H3,(H,59,60,61)(H,62,63,64)(H,65,66,67). The Labute approximate surface area is 477 Å². The zero-order valence-electron chi connectivity index (χ0n) is 45.9. The van der Waals surface area contributed by atoms with Gasteiger partial charge in [0.05, 0.1) is 58.4 Å². The minimum Gasteiger partial charge on any atom is -0.418 e. The first-order valence-corrected chi connectivity index (χ1v) is 33.8. The SMILES string of the molecule is CC(CCCOCC(C)(C)COCC(C)(C)COCC(=O)Oc1c(F)c(F)c(F)c(F)c1F)Nc1cc(S(=O)(=O)N(C)CCS(=O)(=O)O)c2ccc3c(S(=O)(=O)N(C)CCS(=O)(=O)O)cc(S(=O)(=O)N(C)CCS(=O)(=O)O)c4ccc1c2c43. The van der Waals surface area contributed by atoms with E-state index in [2.05, 4.69) is 10.1 Å². The van der Waals surface area contributed by atoms with E-state index in [-0.39, 0.29) is 71.0 Å². The highest BCUT2D eigenvalue weighted by Crippen LogP contribution is 2.46. The lowest BCUT2D eigenvalue weighted by atomic mass is 9.93. The third-order valence-corrected chi connectivity index (χ3v) is 20.5. The number of carbonyl (C=O) groups excluding carboxylic acids is 1. The number of nitrogens with one attached hydrogen (secondary N) is 1. The average Bonchev–Trinajstić information content (AvgIpc) is 2.61. The Bertz CT molecular complexity index is 3830. The van der Waals surface area contributed by atoms with Gasteiger partial charge >= 0.3 is 5.97 Å². The Morgan fingerprint density at radius 2 is 0.892 bits per heavy atom. The Hall–Kier alpha value is -4.60. The van der Waals surface area contributed by atoms with Crippen molar-refractivity contribution in [3.63, 3.8) is 0 Å². The smallest absolute Gasteiger partial charge is 0.337 e. The fourth-order valence-corrected chi connectivity index (χ4v) is 14.4. The number of halogens is 5. The summed E-state index contributed by atoms with van der Waals surface area (Å²) >= 11 is 0. The molecule has 0 aromatic heterocycles. The molecule has 5 aromatic rings. The van der Waals surface area contributed by atoms with Crippen LogP contribution in [-0.4, -0.2) is 187 Å². The van der Waals surface area contributed by atoms with Gasteiger partial charge in [-0.15, -0.1) is 0 Å². The zero-order chi connectivity index (χ0) is 62.8. The van der Waals surface area contributed by atoms with E-state index in [0.717, 1.165) is 27.2 Å². The van der Waals surface area contributed by atoms with Gasteiger partial charge in [-0.05, 0) is 31.9 Å². The molecule has 35 heteroatoms. The Morgan fingerprint density at radius 3 is 1.30 bits per heavy atom. The summed E-state index contributed by atoms with van der Waals surface area (Å²) in [5.41, 5.74) is -1.25. The van der Waals surface area contributed by atoms with Crippen LogP contribution in [0.2, 0.25) is 0 Å². The number of anilines is 1. The van der Waals surface area contributed by atoms with Crippen molar-refractivity contribution in [1.82, 2.24) is 12.9 Å². The van der Waals surface area contributed by atoms with Crippen molar-refractivity contribution in [1.29, 1.82) is 0 Å². The van der Waals surface area contributed by atoms with Crippen molar-refractivity contribution in [3.05, 3.63) is 65.5 Å². The number of hydrogen-bond acceptors (Lipinski definition) is 18. The van der Waals surface area contributed by atoms with Crippen LogP contribution in [0, 0.1) is 39.9 Å². The van der Waals surface area contributed by atoms with E-state index in [1.807, 2.05) is 13.8 Å². The molecule has 83 heavy (non-hydrogen) atoms. The number of sulfonamides is 3. The minimum atomic E-state index is -4.95. The molecule has 0 saturated carbocycles.